The normalized spacial score (nSPS) is 10.4. The van der Waals surface area contributed by atoms with Gasteiger partial charge in [-0.15, -0.1) is 0 Å². The van der Waals surface area contributed by atoms with Crippen LogP contribution >= 0.6 is 15.9 Å². The molecule has 4 nitrogen and oxygen atoms in total. The largest absolute Gasteiger partial charge is 0.497 e. The predicted molar refractivity (Wildman–Crippen MR) is 66.4 cm³/mol. The van der Waals surface area contributed by atoms with E-state index < -0.39 is 0 Å². The summed E-state index contributed by atoms with van der Waals surface area (Å²) in [4.78, 5) is 0. The molecule has 0 saturated heterocycles. The number of methoxy groups -OCH3 is 1. The van der Waals surface area contributed by atoms with Crippen LogP contribution in [0.5, 0.6) is 5.75 Å². The van der Waals surface area contributed by atoms with Crippen molar-refractivity contribution in [1.29, 1.82) is 0 Å². The maximum absolute atomic E-state index is 5.65. The lowest BCUT2D eigenvalue weighted by molar-refractivity contribution is 0.414. The fourth-order valence-corrected chi connectivity index (χ4v) is 1.77. The van der Waals surface area contributed by atoms with Crippen molar-refractivity contribution in [3.8, 4) is 5.75 Å². The third-order valence-electron chi connectivity index (χ3n) is 2.22. The Hall–Kier alpha value is -1.49. The average molecular weight is 282 g/mol. The Labute approximate surface area is 102 Å². The van der Waals surface area contributed by atoms with Gasteiger partial charge in [-0.2, -0.15) is 5.10 Å². The number of aromatic nitrogens is 2. The van der Waals surface area contributed by atoms with Crippen molar-refractivity contribution in [3.63, 3.8) is 0 Å². The van der Waals surface area contributed by atoms with Crippen LogP contribution in [-0.2, 0) is 6.54 Å². The minimum Gasteiger partial charge on any atom is -0.497 e. The molecule has 0 amide bonds. The highest BCUT2D eigenvalue weighted by molar-refractivity contribution is 9.10. The molecule has 0 bridgehead atoms. The van der Waals surface area contributed by atoms with Gasteiger partial charge in [0.05, 0.1) is 18.1 Å². The summed E-state index contributed by atoms with van der Waals surface area (Å²) in [6.07, 6.45) is 1.86. The van der Waals surface area contributed by atoms with Crippen LogP contribution in [0, 0.1) is 0 Å². The molecule has 84 valence electrons. The molecule has 0 saturated carbocycles. The molecule has 5 heteroatoms. The zero-order valence-corrected chi connectivity index (χ0v) is 10.4. The second kappa shape index (κ2) is 4.57. The van der Waals surface area contributed by atoms with E-state index >= 15 is 0 Å². The summed E-state index contributed by atoms with van der Waals surface area (Å²) >= 11 is 3.32. The number of halogens is 1. The summed E-state index contributed by atoms with van der Waals surface area (Å²) in [6, 6.07) is 7.87. The first-order valence-corrected chi connectivity index (χ1v) is 5.59. The fourth-order valence-electron chi connectivity index (χ4n) is 1.45. The molecule has 0 atom stereocenters. The molecule has 2 aromatic rings. The van der Waals surface area contributed by atoms with Gasteiger partial charge in [0.1, 0.15) is 5.75 Å². The lowest BCUT2D eigenvalue weighted by atomic mass is 10.2. The standard InChI is InChI=1S/C11H12BrN3O/c1-16-9-4-2-3-8(5-9)6-15-7-10(12)11(13)14-15/h2-5,7H,6H2,1H3,(H2,13,14). The summed E-state index contributed by atoms with van der Waals surface area (Å²) in [5, 5.41) is 4.17. The minimum absolute atomic E-state index is 0.503. The number of nitrogen functional groups attached to an aromatic ring is 1. The summed E-state index contributed by atoms with van der Waals surface area (Å²) in [5.74, 6) is 1.35. The Morgan fingerprint density at radius 1 is 1.50 bits per heavy atom. The van der Waals surface area contributed by atoms with Gasteiger partial charge in [-0.25, -0.2) is 0 Å². The first-order valence-electron chi connectivity index (χ1n) is 4.80. The summed E-state index contributed by atoms with van der Waals surface area (Å²) < 4.78 is 7.76. The number of benzene rings is 1. The topological polar surface area (TPSA) is 53.1 Å². The van der Waals surface area contributed by atoms with E-state index in [2.05, 4.69) is 21.0 Å². The molecule has 1 aromatic carbocycles. The summed E-state index contributed by atoms with van der Waals surface area (Å²) in [7, 11) is 1.65. The highest BCUT2D eigenvalue weighted by Gasteiger charge is 2.03. The second-order valence-electron chi connectivity index (χ2n) is 3.41. The molecule has 0 aliphatic heterocycles. The number of hydrogen-bond acceptors (Lipinski definition) is 3. The van der Waals surface area contributed by atoms with Gasteiger partial charge in [-0.3, -0.25) is 4.68 Å². The number of nitrogens with two attached hydrogens (primary N) is 1. The van der Waals surface area contributed by atoms with Crippen molar-refractivity contribution in [2.24, 2.45) is 0 Å². The smallest absolute Gasteiger partial charge is 0.159 e. The molecule has 16 heavy (non-hydrogen) atoms. The number of anilines is 1. The summed E-state index contributed by atoms with van der Waals surface area (Å²) in [5.41, 5.74) is 6.77. The molecule has 1 aromatic heterocycles. The van der Waals surface area contributed by atoms with Crippen LogP contribution in [0.25, 0.3) is 0 Å². The Kier molecular flexibility index (Phi) is 3.14. The molecule has 2 rings (SSSR count). The van der Waals surface area contributed by atoms with Crippen LogP contribution in [0.3, 0.4) is 0 Å². The van der Waals surface area contributed by atoms with Gasteiger partial charge in [0.2, 0.25) is 0 Å². The number of ether oxygens (including phenoxy) is 1. The molecule has 1 heterocycles. The van der Waals surface area contributed by atoms with E-state index in [1.54, 1.807) is 11.8 Å². The van der Waals surface area contributed by atoms with Gasteiger partial charge in [-0.05, 0) is 33.6 Å². The van der Waals surface area contributed by atoms with Crippen molar-refractivity contribution < 1.29 is 4.74 Å². The summed E-state index contributed by atoms with van der Waals surface area (Å²) in [6.45, 7) is 0.674. The maximum Gasteiger partial charge on any atom is 0.159 e. The molecule has 0 fully saturated rings. The maximum atomic E-state index is 5.65. The van der Waals surface area contributed by atoms with Crippen molar-refractivity contribution in [2.45, 2.75) is 6.54 Å². The van der Waals surface area contributed by atoms with Crippen LogP contribution in [0.1, 0.15) is 5.56 Å². The second-order valence-corrected chi connectivity index (χ2v) is 4.27. The lowest BCUT2D eigenvalue weighted by Gasteiger charge is -2.04. The monoisotopic (exact) mass is 281 g/mol. The molecule has 2 N–H and O–H groups in total. The van der Waals surface area contributed by atoms with E-state index in [1.165, 1.54) is 0 Å². The Morgan fingerprint density at radius 2 is 2.31 bits per heavy atom. The molecule has 0 radical (unpaired) electrons. The van der Waals surface area contributed by atoms with Gasteiger partial charge >= 0.3 is 0 Å². The van der Waals surface area contributed by atoms with Gasteiger partial charge in [-0.1, -0.05) is 12.1 Å². The Balaban J connectivity index is 2.20. The molecular weight excluding hydrogens is 270 g/mol. The highest BCUT2D eigenvalue weighted by atomic mass is 79.9. The molecule has 0 aliphatic carbocycles. The third-order valence-corrected chi connectivity index (χ3v) is 2.83. The van der Waals surface area contributed by atoms with Crippen LogP contribution in [-0.4, -0.2) is 16.9 Å². The number of hydrogen-bond donors (Lipinski definition) is 1. The van der Waals surface area contributed by atoms with E-state index in [9.17, 15) is 0 Å². The van der Waals surface area contributed by atoms with E-state index in [1.807, 2.05) is 30.5 Å². The zero-order valence-electron chi connectivity index (χ0n) is 8.85. The first kappa shape index (κ1) is 11.0. The molecule has 0 spiro atoms. The molecule has 0 unspecified atom stereocenters. The number of rotatable bonds is 3. The third kappa shape index (κ3) is 2.36. The quantitative estimate of drug-likeness (QED) is 0.939. The van der Waals surface area contributed by atoms with E-state index in [0.29, 0.717) is 12.4 Å². The molecule has 0 aliphatic rings. The minimum atomic E-state index is 0.503. The van der Waals surface area contributed by atoms with Gasteiger partial charge in [0.25, 0.3) is 0 Å². The van der Waals surface area contributed by atoms with Crippen molar-refractivity contribution in [1.82, 2.24) is 9.78 Å². The SMILES string of the molecule is COc1cccc(Cn2cc(Br)c(N)n2)c1. The van der Waals surface area contributed by atoms with Crippen LogP contribution in [0.4, 0.5) is 5.82 Å². The van der Waals surface area contributed by atoms with Crippen molar-refractivity contribution >= 4 is 21.7 Å². The Morgan fingerprint density at radius 3 is 2.94 bits per heavy atom. The van der Waals surface area contributed by atoms with Crippen molar-refractivity contribution in [3.05, 3.63) is 40.5 Å². The van der Waals surface area contributed by atoms with Gasteiger partial charge in [0, 0.05) is 6.20 Å². The predicted octanol–water partition coefficient (Wildman–Crippen LogP) is 2.28. The van der Waals surface area contributed by atoms with Crippen LogP contribution in [0.15, 0.2) is 34.9 Å². The number of nitrogens with zero attached hydrogens (tertiary/aromatic N) is 2. The highest BCUT2D eigenvalue weighted by Crippen LogP contribution is 2.18. The van der Waals surface area contributed by atoms with E-state index in [0.717, 1.165) is 15.8 Å². The van der Waals surface area contributed by atoms with E-state index in [4.69, 9.17) is 10.5 Å². The Bertz CT molecular complexity index is 476. The molecular formula is C11H12BrN3O. The first-order chi connectivity index (χ1) is 7.69. The van der Waals surface area contributed by atoms with Gasteiger partial charge in [0.15, 0.2) is 5.82 Å². The van der Waals surface area contributed by atoms with Crippen LogP contribution in [0.2, 0.25) is 0 Å². The zero-order chi connectivity index (χ0) is 11.5. The van der Waals surface area contributed by atoms with Crippen LogP contribution < -0.4 is 10.5 Å². The fraction of sp³-hybridized carbons (Fsp3) is 0.182. The van der Waals surface area contributed by atoms with E-state index in [-0.39, 0.29) is 0 Å². The van der Waals surface area contributed by atoms with Crippen molar-refractivity contribution in [2.75, 3.05) is 12.8 Å². The average Bonchev–Trinajstić information content (AvgIpc) is 2.58. The lowest BCUT2D eigenvalue weighted by Crippen LogP contribution is -2.01. The van der Waals surface area contributed by atoms with Gasteiger partial charge < -0.3 is 10.5 Å².